The van der Waals surface area contributed by atoms with E-state index < -0.39 is 79.2 Å². The van der Waals surface area contributed by atoms with Crippen LogP contribution in [0.4, 0.5) is 4.79 Å². The number of rotatable bonds is 20. The fraction of sp³-hybridized carbons (Fsp3) is 0.485. The summed E-state index contributed by atoms with van der Waals surface area (Å²) in [5.74, 6) is -3.80. The van der Waals surface area contributed by atoms with Crippen molar-refractivity contribution in [3.8, 4) is 0 Å². The first-order valence-corrected chi connectivity index (χ1v) is 15.6. The first-order chi connectivity index (χ1) is 22.8. The molecule has 48 heavy (non-hydrogen) atoms. The number of amides is 4. The van der Waals surface area contributed by atoms with Crippen molar-refractivity contribution in [2.75, 3.05) is 13.2 Å². The highest BCUT2D eigenvalue weighted by molar-refractivity contribution is 5.88. The van der Waals surface area contributed by atoms with E-state index in [0.717, 1.165) is 5.56 Å². The van der Waals surface area contributed by atoms with Crippen LogP contribution in [0.25, 0.3) is 0 Å². The van der Waals surface area contributed by atoms with Crippen molar-refractivity contribution in [2.24, 2.45) is 5.92 Å². The molecule has 2 aromatic rings. The Balaban J connectivity index is 1.91. The van der Waals surface area contributed by atoms with Gasteiger partial charge >= 0.3 is 12.1 Å². The SMILES string of the molecule is CC(C)C[C@H](NC(=O)CCCNC(=O)OCc1ccccc1)C(=O)N[C@@H](CO)[C@@H](O)[C@@H](O)[C@H](O)C(=O)N[C@@H](CC(=O)O)c1ccccc1. The van der Waals surface area contributed by atoms with Crippen LogP contribution < -0.4 is 21.3 Å². The number of aliphatic hydroxyl groups is 4. The van der Waals surface area contributed by atoms with E-state index in [4.69, 9.17) is 4.74 Å². The van der Waals surface area contributed by atoms with E-state index in [1.165, 1.54) is 0 Å². The second kappa shape index (κ2) is 20.6. The number of alkyl carbamates (subject to hydrolysis) is 1. The van der Waals surface area contributed by atoms with Crippen LogP contribution in [0.2, 0.25) is 0 Å². The van der Waals surface area contributed by atoms with Gasteiger partial charge in [-0.1, -0.05) is 74.5 Å². The number of aliphatic hydroxyl groups excluding tert-OH is 4. The van der Waals surface area contributed by atoms with Crippen LogP contribution in [0.5, 0.6) is 0 Å². The lowest BCUT2D eigenvalue weighted by Crippen LogP contribution is -2.59. The zero-order chi connectivity index (χ0) is 35.6. The van der Waals surface area contributed by atoms with Crippen LogP contribution in [-0.2, 0) is 30.5 Å². The lowest BCUT2D eigenvalue weighted by molar-refractivity contribution is -0.145. The molecule has 0 radical (unpaired) electrons. The van der Waals surface area contributed by atoms with Gasteiger partial charge in [0.05, 0.1) is 25.1 Å². The fourth-order valence-corrected chi connectivity index (χ4v) is 4.65. The Morgan fingerprint density at radius 3 is 2.02 bits per heavy atom. The molecule has 0 fully saturated rings. The number of nitrogens with one attached hydrogen (secondary N) is 4. The predicted octanol–water partition coefficient (Wildman–Crippen LogP) is 0.116. The van der Waals surface area contributed by atoms with E-state index in [2.05, 4.69) is 21.3 Å². The molecule has 0 bridgehead atoms. The summed E-state index contributed by atoms with van der Waals surface area (Å²) >= 11 is 0. The lowest BCUT2D eigenvalue weighted by Gasteiger charge is -2.30. The fourth-order valence-electron chi connectivity index (χ4n) is 4.65. The summed E-state index contributed by atoms with van der Waals surface area (Å²) in [6.07, 6.45) is -7.31. The summed E-state index contributed by atoms with van der Waals surface area (Å²) in [7, 11) is 0. The lowest BCUT2D eigenvalue weighted by atomic mass is 9.98. The number of ether oxygens (including phenoxy) is 1. The van der Waals surface area contributed by atoms with Gasteiger partial charge in [-0.15, -0.1) is 0 Å². The molecule has 0 saturated heterocycles. The van der Waals surface area contributed by atoms with Gasteiger partial charge in [0.25, 0.3) is 5.91 Å². The van der Waals surface area contributed by atoms with Crippen LogP contribution in [0.3, 0.4) is 0 Å². The molecule has 0 aromatic heterocycles. The van der Waals surface area contributed by atoms with E-state index in [1.807, 2.05) is 44.2 Å². The Labute approximate surface area is 278 Å². The first-order valence-electron chi connectivity index (χ1n) is 15.6. The third kappa shape index (κ3) is 14.0. The normalized spacial score (nSPS) is 14.8. The minimum absolute atomic E-state index is 0.0429. The Morgan fingerprint density at radius 1 is 0.812 bits per heavy atom. The molecule has 4 amide bonds. The number of carbonyl (C=O) groups is 5. The molecule has 0 aliphatic rings. The molecule has 2 rings (SSSR count). The van der Waals surface area contributed by atoms with E-state index in [9.17, 15) is 49.5 Å². The van der Waals surface area contributed by atoms with Gasteiger partial charge in [0.15, 0.2) is 6.10 Å². The molecule has 0 unspecified atom stereocenters. The zero-order valence-electron chi connectivity index (χ0n) is 27.0. The maximum absolute atomic E-state index is 13.1. The van der Waals surface area contributed by atoms with Crippen molar-refractivity contribution in [3.05, 3.63) is 71.8 Å². The number of carboxylic acids is 1. The van der Waals surface area contributed by atoms with Crippen molar-refractivity contribution in [3.63, 3.8) is 0 Å². The first kappa shape index (κ1) is 39.6. The highest BCUT2D eigenvalue weighted by atomic mass is 16.5. The van der Waals surface area contributed by atoms with Crippen molar-refractivity contribution in [2.45, 2.75) is 82.6 Å². The average molecular weight is 675 g/mol. The summed E-state index contributed by atoms with van der Waals surface area (Å²) in [5, 5.41) is 60.7. The standard InChI is InChI=1S/C33H46N4O11/c1-20(2)16-24(35-26(39)14-9-15-34-33(47)48-19-21-10-5-3-6-11-21)31(45)37-25(18-38)28(42)29(43)30(44)32(46)36-23(17-27(40)41)22-12-7-4-8-13-22/h3-8,10-13,20,23-25,28-30,38,42-44H,9,14-19H2,1-2H3,(H,34,47)(H,35,39)(H,36,46)(H,37,45)(H,40,41)/t23-,24-,25-,28+,29+,30-/m0/s1. The molecule has 6 atom stereocenters. The maximum Gasteiger partial charge on any atom is 0.407 e. The molecule has 0 saturated carbocycles. The zero-order valence-corrected chi connectivity index (χ0v) is 27.0. The van der Waals surface area contributed by atoms with Gasteiger partial charge in [-0.3, -0.25) is 19.2 Å². The van der Waals surface area contributed by atoms with Crippen molar-refractivity contribution < 1.29 is 54.2 Å². The van der Waals surface area contributed by atoms with E-state index in [1.54, 1.807) is 30.3 Å². The third-order valence-electron chi connectivity index (χ3n) is 7.20. The topological polar surface area (TPSA) is 244 Å². The number of aliphatic carboxylic acids is 1. The summed E-state index contributed by atoms with van der Waals surface area (Å²) in [4.78, 5) is 61.7. The summed E-state index contributed by atoms with van der Waals surface area (Å²) in [6, 6.07) is 13.4. The third-order valence-corrected chi connectivity index (χ3v) is 7.20. The smallest absolute Gasteiger partial charge is 0.407 e. The van der Waals surface area contributed by atoms with Gasteiger partial charge in [0.1, 0.15) is 24.9 Å². The number of carbonyl (C=O) groups excluding carboxylic acids is 4. The van der Waals surface area contributed by atoms with E-state index in [-0.39, 0.29) is 38.3 Å². The van der Waals surface area contributed by atoms with Crippen molar-refractivity contribution in [1.82, 2.24) is 21.3 Å². The molecular weight excluding hydrogens is 628 g/mol. The maximum atomic E-state index is 13.1. The predicted molar refractivity (Wildman–Crippen MR) is 172 cm³/mol. The molecule has 0 heterocycles. The number of benzene rings is 2. The van der Waals surface area contributed by atoms with Crippen LogP contribution in [0, 0.1) is 5.92 Å². The molecule has 9 N–H and O–H groups in total. The number of hydrogen-bond acceptors (Lipinski definition) is 10. The van der Waals surface area contributed by atoms with Crippen LogP contribution in [0.15, 0.2) is 60.7 Å². The second-order valence-electron chi connectivity index (χ2n) is 11.6. The Bertz CT molecular complexity index is 1310. The van der Waals surface area contributed by atoms with E-state index >= 15 is 0 Å². The van der Waals surface area contributed by atoms with Gasteiger partial charge in [0.2, 0.25) is 11.8 Å². The Kier molecular flexibility index (Phi) is 17.0. The second-order valence-corrected chi connectivity index (χ2v) is 11.6. The van der Waals surface area contributed by atoms with Gasteiger partial charge in [-0.2, -0.15) is 0 Å². The highest BCUT2D eigenvalue weighted by Crippen LogP contribution is 2.18. The summed E-state index contributed by atoms with van der Waals surface area (Å²) < 4.78 is 5.11. The molecule has 15 nitrogen and oxygen atoms in total. The minimum atomic E-state index is -2.26. The quantitative estimate of drug-likeness (QED) is 0.0854. The molecule has 0 aliphatic carbocycles. The van der Waals surface area contributed by atoms with Crippen LogP contribution in [-0.4, -0.2) is 98.9 Å². The monoisotopic (exact) mass is 674 g/mol. The van der Waals surface area contributed by atoms with Gasteiger partial charge in [-0.05, 0) is 29.9 Å². The Morgan fingerprint density at radius 2 is 1.44 bits per heavy atom. The van der Waals surface area contributed by atoms with E-state index in [0.29, 0.717) is 5.56 Å². The largest absolute Gasteiger partial charge is 0.481 e. The van der Waals surface area contributed by atoms with Crippen molar-refractivity contribution in [1.29, 1.82) is 0 Å². The number of carboxylic acid groups (broad SMARTS) is 1. The highest BCUT2D eigenvalue weighted by Gasteiger charge is 2.37. The minimum Gasteiger partial charge on any atom is -0.481 e. The molecular formula is C33H46N4O11. The molecule has 2 aromatic carbocycles. The molecule has 0 spiro atoms. The van der Waals surface area contributed by atoms with Gasteiger partial charge < -0.3 is 51.5 Å². The van der Waals surface area contributed by atoms with Gasteiger partial charge in [0, 0.05) is 13.0 Å². The molecule has 264 valence electrons. The van der Waals surface area contributed by atoms with Crippen LogP contribution in [0.1, 0.15) is 56.7 Å². The molecule has 15 heteroatoms. The summed E-state index contributed by atoms with van der Waals surface area (Å²) in [6.45, 7) is 2.94. The van der Waals surface area contributed by atoms with Crippen LogP contribution >= 0.6 is 0 Å². The summed E-state index contributed by atoms with van der Waals surface area (Å²) in [5.41, 5.74) is 1.24. The number of hydrogen-bond donors (Lipinski definition) is 9. The molecule has 0 aliphatic heterocycles. The Hall–Kier alpha value is -4.57. The van der Waals surface area contributed by atoms with Gasteiger partial charge in [-0.25, -0.2) is 4.79 Å². The average Bonchev–Trinajstić information content (AvgIpc) is 3.06. The van der Waals surface area contributed by atoms with Crippen molar-refractivity contribution >= 4 is 29.8 Å².